The van der Waals surface area contributed by atoms with Gasteiger partial charge in [0, 0.05) is 23.7 Å². The van der Waals surface area contributed by atoms with Gasteiger partial charge in [-0.25, -0.2) is 0 Å². The van der Waals surface area contributed by atoms with Crippen LogP contribution in [0.15, 0.2) is 109 Å². The summed E-state index contributed by atoms with van der Waals surface area (Å²) in [5, 5.41) is 5.04. The molecule has 28 heavy (non-hydrogen) atoms. The smallest absolute Gasteiger partial charge is 0.0567 e. The van der Waals surface area contributed by atoms with Gasteiger partial charge in [-0.2, -0.15) is 0 Å². The minimum atomic E-state index is 1.19. The van der Waals surface area contributed by atoms with Crippen molar-refractivity contribution in [1.29, 1.82) is 0 Å². The molecular weight excluding hydrogens is 338 g/mol. The Labute approximate surface area is 165 Å². The molecule has 0 aromatic heterocycles. The van der Waals surface area contributed by atoms with E-state index < -0.39 is 0 Å². The van der Waals surface area contributed by atoms with Gasteiger partial charge in [-0.1, -0.05) is 97.1 Å². The normalized spacial score (nSPS) is 11.0. The first kappa shape index (κ1) is 16.6. The Morgan fingerprint density at radius 2 is 1.18 bits per heavy atom. The predicted octanol–water partition coefficient (Wildman–Crippen LogP) is 7.43. The third-order valence-electron chi connectivity index (χ3n) is 5.44. The number of fused-ring (bicyclic) bond motifs is 2. The molecule has 1 nitrogen and oxygen atoms in total. The first-order valence-electron chi connectivity index (χ1n) is 9.61. The first-order valence-corrected chi connectivity index (χ1v) is 9.61. The average molecular weight is 359 g/mol. The number of benzene rings is 5. The van der Waals surface area contributed by atoms with Crippen LogP contribution < -0.4 is 4.90 Å². The molecule has 134 valence electrons. The zero-order chi connectivity index (χ0) is 18.9. The summed E-state index contributed by atoms with van der Waals surface area (Å²) in [5.41, 5.74) is 4.90. The lowest BCUT2D eigenvalue weighted by molar-refractivity contribution is 1.23. The fraction of sp³-hybridized carbons (Fsp3) is 0.0370. The van der Waals surface area contributed by atoms with Crippen molar-refractivity contribution in [3.05, 3.63) is 109 Å². The molecule has 0 N–H and O–H groups in total. The van der Waals surface area contributed by atoms with Crippen molar-refractivity contribution in [2.45, 2.75) is 0 Å². The molecule has 0 aliphatic carbocycles. The predicted molar refractivity (Wildman–Crippen MR) is 121 cm³/mol. The van der Waals surface area contributed by atoms with Crippen LogP contribution in [-0.4, -0.2) is 7.05 Å². The van der Waals surface area contributed by atoms with Gasteiger partial charge in [0.05, 0.1) is 5.69 Å². The van der Waals surface area contributed by atoms with Gasteiger partial charge >= 0.3 is 0 Å². The molecule has 1 heteroatoms. The van der Waals surface area contributed by atoms with E-state index in [0.29, 0.717) is 0 Å². The van der Waals surface area contributed by atoms with Crippen LogP contribution in [0.4, 0.5) is 11.4 Å². The summed E-state index contributed by atoms with van der Waals surface area (Å²) >= 11 is 0. The quantitative estimate of drug-likeness (QED) is 0.324. The second-order valence-electron chi connectivity index (χ2n) is 7.14. The van der Waals surface area contributed by atoms with Crippen LogP contribution >= 0.6 is 0 Å². The highest BCUT2D eigenvalue weighted by molar-refractivity contribution is 6.04. The minimum Gasteiger partial charge on any atom is -0.344 e. The van der Waals surface area contributed by atoms with Gasteiger partial charge in [0.15, 0.2) is 0 Å². The Morgan fingerprint density at radius 1 is 0.536 bits per heavy atom. The van der Waals surface area contributed by atoms with E-state index in [1.165, 1.54) is 44.0 Å². The first-order chi connectivity index (χ1) is 13.8. The molecule has 0 saturated carbocycles. The van der Waals surface area contributed by atoms with Gasteiger partial charge in [0.1, 0.15) is 0 Å². The molecule has 0 aliphatic rings. The standard InChI is InChI=1S/C27H21N/c1-28(24-17-15-20-9-5-6-13-23(20)19-24)27-25-14-8-7-12-22(25)16-18-26(27)21-10-3-2-4-11-21/h2-19H,1H3. The van der Waals surface area contributed by atoms with Crippen LogP contribution in [0.1, 0.15) is 0 Å². The third kappa shape index (κ3) is 2.82. The summed E-state index contributed by atoms with van der Waals surface area (Å²) in [4.78, 5) is 2.32. The maximum absolute atomic E-state index is 2.32. The van der Waals surface area contributed by atoms with Crippen molar-refractivity contribution in [1.82, 2.24) is 0 Å². The second kappa shape index (κ2) is 6.86. The lowest BCUT2D eigenvalue weighted by atomic mass is 9.97. The molecular formula is C27H21N. The zero-order valence-electron chi connectivity index (χ0n) is 15.8. The zero-order valence-corrected chi connectivity index (χ0v) is 15.8. The van der Waals surface area contributed by atoms with E-state index in [0.717, 1.165) is 0 Å². The molecule has 5 aromatic carbocycles. The maximum Gasteiger partial charge on any atom is 0.0567 e. The Kier molecular flexibility index (Phi) is 4.06. The second-order valence-corrected chi connectivity index (χ2v) is 7.14. The lowest BCUT2D eigenvalue weighted by Gasteiger charge is -2.25. The van der Waals surface area contributed by atoms with Gasteiger partial charge in [-0.3, -0.25) is 0 Å². The van der Waals surface area contributed by atoms with Gasteiger partial charge < -0.3 is 4.90 Å². The molecule has 0 heterocycles. The molecule has 0 saturated heterocycles. The Hall–Kier alpha value is -3.58. The number of hydrogen-bond donors (Lipinski definition) is 0. The SMILES string of the molecule is CN(c1ccc2ccccc2c1)c1c(-c2ccccc2)ccc2ccccc12. The summed E-state index contributed by atoms with van der Waals surface area (Å²) < 4.78 is 0. The van der Waals surface area contributed by atoms with Crippen LogP contribution in [0.2, 0.25) is 0 Å². The Morgan fingerprint density at radius 3 is 2.00 bits per heavy atom. The van der Waals surface area contributed by atoms with Crippen molar-refractivity contribution < 1.29 is 0 Å². The lowest BCUT2D eigenvalue weighted by Crippen LogP contribution is -2.11. The van der Waals surface area contributed by atoms with Gasteiger partial charge in [0.2, 0.25) is 0 Å². The summed E-state index contributed by atoms with van der Waals surface area (Å²) in [5.74, 6) is 0. The highest BCUT2D eigenvalue weighted by Gasteiger charge is 2.15. The molecule has 5 aromatic rings. The summed E-state index contributed by atoms with van der Waals surface area (Å²) in [7, 11) is 2.16. The van der Waals surface area contributed by atoms with Crippen molar-refractivity contribution in [2.75, 3.05) is 11.9 Å². The summed E-state index contributed by atoms with van der Waals surface area (Å²) in [6.45, 7) is 0. The van der Waals surface area contributed by atoms with Gasteiger partial charge in [0.25, 0.3) is 0 Å². The monoisotopic (exact) mass is 359 g/mol. The van der Waals surface area contributed by atoms with Crippen molar-refractivity contribution in [2.24, 2.45) is 0 Å². The molecule has 0 radical (unpaired) electrons. The van der Waals surface area contributed by atoms with E-state index in [-0.39, 0.29) is 0 Å². The topological polar surface area (TPSA) is 3.24 Å². The Balaban J connectivity index is 1.75. The van der Waals surface area contributed by atoms with Crippen molar-refractivity contribution >= 4 is 32.9 Å². The van der Waals surface area contributed by atoms with Crippen molar-refractivity contribution in [3.8, 4) is 11.1 Å². The Bertz CT molecular complexity index is 1270. The van der Waals surface area contributed by atoms with E-state index in [9.17, 15) is 0 Å². The largest absolute Gasteiger partial charge is 0.344 e. The summed E-state index contributed by atoms with van der Waals surface area (Å²) in [6.07, 6.45) is 0. The molecule has 0 aliphatic heterocycles. The van der Waals surface area contributed by atoms with Gasteiger partial charge in [-0.05, 0) is 33.9 Å². The fourth-order valence-electron chi connectivity index (χ4n) is 3.98. The molecule has 0 unspecified atom stereocenters. The van der Waals surface area contributed by atoms with E-state index in [2.05, 4.69) is 121 Å². The molecule has 0 amide bonds. The van der Waals surface area contributed by atoms with Crippen LogP contribution in [0.5, 0.6) is 0 Å². The number of nitrogens with zero attached hydrogens (tertiary/aromatic N) is 1. The number of hydrogen-bond acceptors (Lipinski definition) is 1. The molecule has 0 fully saturated rings. The van der Waals surface area contributed by atoms with Gasteiger partial charge in [-0.15, -0.1) is 0 Å². The van der Waals surface area contributed by atoms with E-state index in [4.69, 9.17) is 0 Å². The van der Waals surface area contributed by atoms with Crippen LogP contribution in [-0.2, 0) is 0 Å². The molecule has 0 atom stereocenters. The number of anilines is 2. The van der Waals surface area contributed by atoms with Crippen LogP contribution in [0.25, 0.3) is 32.7 Å². The molecule has 0 spiro atoms. The van der Waals surface area contributed by atoms with Crippen molar-refractivity contribution in [3.63, 3.8) is 0 Å². The van der Waals surface area contributed by atoms with Crippen LogP contribution in [0, 0.1) is 0 Å². The molecule has 5 rings (SSSR count). The average Bonchev–Trinajstić information content (AvgIpc) is 2.78. The maximum atomic E-state index is 2.32. The summed E-state index contributed by atoms with van der Waals surface area (Å²) in [6, 6.07) is 38.9. The van der Waals surface area contributed by atoms with E-state index in [1.54, 1.807) is 0 Å². The highest BCUT2D eigenvalue weighted by atomic mass is 15.1. The highest BCUT2D eigenvalue weighted by Crippen LogP contribution is 2.40. The fourth-order valence-corrected chi connectivity index (χ4v) is 3.98. The van der Waals surface area contributed by atoms with E-state index >= 15 is 0 Å². The number of rotatable bonds is 3. The van der Waals surface area contributed by atoms with Crippen LogP contribution in [0.3, 0.4) is 0 Å². The minimum absolute atomic E-state index is 1.19. The molecule has 0 bridgehead atoms. The van der Waals surface area contributed by atoms with E-state index in [1.807, 2.05) is 0 Å². The third-order valence-corrected chi connectivity index (χ3v) is 5.44.